The second-order valence-corrected chi connectivity index (χ2v) is 11.5. The summed E-state index contributed by atoms with van der Waals surface area (Å²) >= 11 is 6.05. The lowest BCUT2D eigenvalue weighted by molar-refractivity contribution is -0.158. The van der Waals surface area contributed by atoms with Gasteiger partial charge in [-0.1, -0.05) is 43.7 Å². The first kappa shape index (κ1) is 23.8. The summed E-state index contributed by atoms with van der Waals surface area (Å²) in [5, 5.41) is 0.0985. The van der Waals surface area contributed by atoms with E-state index >= 15 is 0 Å². The van der Waals surface area contributed by atoms with Crippen molar-refractivity contribution in [3.63, 3.8) is 0 Å². The first-order valence-corrected chi connectivity index (χ1v) is 12.7. The number of piperidine rings is 1. The van der Waals surface area contributed by atoms with Gasteiger partial charge in [-0.3, -0.25) is 9.59 Å². The van der Waals surface area contributed by atoms with E-state index in [0.29, 0.717) is 43.5 Å². The molecule has 2 fully saturated rings. The zero-order valence-electron chi connectivity index (χ0n) is 18.4. The zero-order chi connectivity index (χ0) is 23.0. The van der Waals surface area contributed by atoms with Gasteiger partial charge in [0, 0.05) is 12.1 Å². The Kier molecular flexibility index (Phi) is 6.87. The fourth-order valence-corrected chi connectivity index (χ4v) is 6.13. The van der Waals surface area contributed by atoms with Gasteiger partial charge in [-0.05, 0) is 56.2 Å². The molecule has 170 valence electrons. The summed E-state index contributed by atoms with van der Waals surface area (Å²) in [6.45, 7) is 7.50. The molecule has 0 spiro atoms. The van der Waals surface area contributed by atoms with E-state index in [1.165, 1.54) is 7.05 Å². The van der Waals surface area contributed by atoms with E-state index in [2.05, 4.69) is 6.58 Å². The van der Waals surface area contributed by atoms with Crippen LogP contribution >= 0.6 is 11.6 Å². The molecule has 6 nitrogen and oxygen atoms in total. The highest BCUT2D eigenvalue weighted by Crippen LogP contribution is 2.45. The second kappa shape index (κ2) is 8.94. The van der Waals surface area contributed by atoms with E-state index in [9.17, 15) is 18.0 Å². The van der Waals surface area contributed by atoms with Crippen molar-refractivity contribution >= 4 is 33.4 Å². The van der Waals surface area contributed by atoms with Crippen LogP contribution in [0.2, 0.25) is 5.02 Å². The molecule has 3 rings (SSSR count). The number of benzene rings is 1. The summed E-state index contributed by atoms with van der Waals surface area (Å²) in [5.41, 5.74) is 0.212. The third kappa shape index (κ3) is 4.53. The molecule has 0 aromatic heterocycles. The monoisotopic (exact) mass is 466 g/mol. The van der Waals surface area contributed by atoms with Crippen molar-refractivity contribution in [2.45, 2.75) is 69.7 Å². The molecule has 3 atom stereocenters. The Bertz CT molecular complexity index is 958. The smallest absolute Gasteiger partial charge is 0.258 e. The quantitative estimate of drug-likeness (QED) is 0.535. The molecule has 1 saturated carbocycles. The molecule has 31 heavy (non-hydrogen) atoms. The minimum absolute atomic E-state index is 0.143. The number of rotatable bonds is 8. The molecule has 1 aromatic carbocycles. The number of nitrogens with zero attached hydrogens (tertiary/aromatic N) is 2. The highest BCUT2D eigenvalue weighted by molar-refractivity contribution is 7.90. The number of carbonyl (C=O) groups excluding carboxylic acids is 2. The maximum absolute atomic E-state index is 13.7. The first-order valence-electron chi connectivity index (χ1n) is 10.8. The maximum atomic E-state index is 13.7. The molecule has 2 unspecified atom stereocenters. The fourth-order valence-electron chi connectivity index (χ4n) is 4.45. The van der Waals surface area contributed by atoms with E-state index in [1.54, 1.807) is 23.1 Å². The Morgan fingerprint density at radius 2 is 1.94 bits per heavy atom. The van der Waals surface area contributed by atoms with Crippen LogP contribution in [0.4, 0.5) is 0 Å². The number of sulfonamides is 1. The third-order valence-electron chi connectivity index (χ3n) is 6.55. The van der Waals surface area contributed by atoms with Crippen LogP contribution in [0.15, 0.2) is 36.9 Å². The predicted octanol–water partition coefficient (Wildman–Crippen LogP) is 4.32. The highest BCUT2D eigenvalue weighted by Gasteiger charge is 2.49. The van der Waals surface area contributed by atoms with Crippen molar-refractivity contribution in [2.75, 3.05) is 7.05 Å². The van der Waals surface area contributed by atoms with Gasteiger partial charge in [0.1, 0.15) is 6.04 Å². The Hall–Kier alpha value is -1.86. The van der Waals surface area contributed by atoms with Gasteiger partial charge in [0.15, 0.2) is 0 Å². The van der Waals surface area contributed by atoms with Crippen LogP contribution in [0.25, 0.3) is 0 Å². The molecule has 1 aromatic rings. The van der Waals surface area contributed by atoms with Crippen LogP contribution in [0.3, 0.4) is 0 Å². The topological polar surface area (TPSA) is 74.8 Å². The normalized spacial score (nSPS) is 25.2. The number of halogens is 1. The Morgan fingerprint density at radius 3 is 2.45 bits per heavy atom. The Morgan fingerprint density at radius 1 is 1.32 bits per heavy atom. The van der Waals surface area contributed by atoms with Gasteiger partial charge >= 0.3 is 0 Å². The highest BCUT2D eigenvalue weighted by atomic mass is 35.5. The SMILES string of the molecule is C=CC[C@@]1(C)CCC(c2ccc(Cl)cc2)N(C(CC)C(=O)N(C)S(=O)(=O)C2CC2)C1=O. The molecule has 2 aliphatic rings. The largest absolute Gasteiger partial charge is 0.323 e. The van der Waals surface area contributed by atoms with Crippen molar-refractivity contribution in [3.05, 3.63) is 47.5 Å². The zero-order valence-corrected chi connectivity index (χ0v) is 20.0. The van der Waals surface area contributed by atoms with Crippen molar-refractivity contribution in [2.24, 2.45) is 5.41 Å². The first-order chi connectivity index (χ1) is 14.6. The van der Waals surface area contributed by atoms with Crippen molar-refractivity contribution in [1.29, 1.82) is 0 Å². The lowest BCUT2D eigenvalue weighted by Crippen LogP contribution is -2.58. The average Bonchev–Trinajstić information content (AvgIpc) is 3.58. The summed E-state index contributed by atoms with van der Waals surface area (Å²) in [4.78, 5) is 28.8. The van der Waals surface area contributed by atoms with E-state index in [1.807, 2.05) is 26.0 Å². The van der Waals surface area contributed by atoms with Gasteiger partial charge in [0.2, 0.25) is 15.9 Å². The molecule has 0 bridgehead atoms. The molecular weight excluding hydrogens is 436 g/mol. The maximum Gasteiger partial charge on any atom is 0.258 e. The minimum Gasteiger partial charge on any atom is -0.323 e. The van der Waals surface area contributed by atoms with E-state index in [-0.39, 0.29) is 11.9 Å². The van der Waals surface area contributed by atoms with Gasteiger partial charge in [-0.15, -0.1) is 6.58 Å². The fraction of sp³-hybridized carbons (Fsp3) is 0.565. The van der Waals surface area contributed by atoms with Crippen LogP contribution < -0.4 is 0 Å². The lowest BCUT2D eigenvalue weighted by Gasteiger charge is -2.48. The minimum atomic E-state index is -3.69. The Balaban J connectivity index is 2.01. The third-order valence-corrected chi connectivity index (χ3v) is 9.06. The number of allylic oxidation sites excluding steroid dienone is 1. The summed E-state index contributed by atoms with van der Waals surface area (Å²) in [5.74, 6) is -0.694. The molecule has 1 aliphatic heterocycles. The molecular formula is C23H31ClN2O4S. The van der Waals surface area contributed by atoms with E-state index in [0.717, 1.165) is 9.87 Å². The van der Waals surface area contributed by atoms with Gasteiger partial charge in [-0.25, -0.2) is 12.7 Å². The molecule has 2 amide bonds. The van der Waals surface area contributed by atoms with Crippen LogP contribution in [-0.4, -0.2) is 47.8 Å². The molecule has 0 radical (unpaired) electrons. The van der Waals surface area contributed by atoms with Crippen molar-refractivity contribution < 1.29 is 18.0 Å². The van der Waals surface area contributed by atoms with Gasteiger partial charge in [0.25, 0.3) is 5.91 Å². The summed E-state index contributed by atoms with van der Waals surface area (Å²) in [7, 11) is -2.38. The van der Waals surface area contributed by atoms with Crippen molar-refractivity contribution in [1.82, 2.24) is 9.21 Å². The van der Waals surface area contributed by atoms with E-state index in [4.69, 9.17) is 11.6 Å². The van der Waals surface area contributed by atoms with Crippen LogP contribution in [-0.2, 0) is 19.6 Å². The number of amides is 2. The van der Waals surface area contributed by atoms with Gasteiger partial charge < -0.3 is 4.90 Å². The molecule has 8 heteroatoms. The van der Waals surface area contributed by atoms with E-state index < -0.39 is 32.6 Å². The second-order valence-electron chi connectivity index (χ2n) is 8.85. The Labute approximate surface area is 190 Å². The summed E-state index contributed by atoms with van der Waals surface area (Å²) in [6.07, 6.45) is 5.02. The summed E-state index contributed by atoms with van der Waals surface area (Å²) < 4.78 is 26.3. The van der Waals surface area contributed by atoms with Crippen molar-refractivity contribution in [3.8, 4) is 0 Å². The van der Waals surface area contributed by atoms with Gasteiger partial charge in [0.05, 0.1) is 16.7 Å². The number of hydrogen-bond donors (Lipinski definition) is 0. The number of likely N-dealkylation sites (tertiary alicyclic amines) is 1. The van der Waals surface area contributed by atoms with Crippen LogP contribution in [0, 0.1) is 5.41 Å². The van der Waals surface area contributed by atoms with Gasteiger partial charge in [-0.2, -0.15) is 0 Å². The lowest BCUT2D eigenvalue weighted by atomic mass is 9.74. The number of hydrogen-bond acceptors (Lipinski definition) is 4. The molecule has 1 saturated heterocycles. The molecule has 1 heterocycles. The molecule has 0 N–H and O–H groups in total. The number of likely N-dealkylation sites (N-methyl/N-ethyl adjacent to an activating group) is 1. The standard InChI is InChI=1S/C23H31ClN2O4S/c1-5-14-23(3)15-13-20(16-7-9-17(24)10-8-16)26(22(23)28)19(6-2)21(27)25(4)31(29,30)18-11-12-18/h5,7-10,18-20H,1,6,11-15H2,2-4H3/t19?,20?,23-/m0/s1. The molecule has 1 aliphatic carbocycles. The van der Waals surface area contributed by atoms with Crippen LogP contribution in [0.5, 0.6) is 0 Å². The number of carbonyl (C=O) groups is 2. The predicted molar refractivity (Wildman–Crippen MR) is 122 cm³/mol. The summed E-state index contributed by atoms with van der Waals surface area (Å²) in [6, 6.07) is 6.08. The average molecular weight is 467 g/mol. The van der Waals surface area contributed by atoms with Crippen LogP contribution in [0.1, 0.15) is 64.0 Å².